The molecule has 0 saturated carbocycles. The third-order valence-corrected chi connectivity index (χ3v) is 3.10. The van der Waals surface area contributed by atoms with Crippen molar-refractivity contribution in [3.05, 3.63) is 11.4 Å². The van der Waals surface area contributed by atoms with Crippen molar-refractivity contribution in [1.29, 1.82) is 5.26 Å². The number of hydrogen-bond donors (Lipinski definition) is 2. The molecule has 1 fully saturated rings. The fourth-order valence-corrected chi connectivity index (χ4v) is 1.69. The summed E-state index contributed by atoms with van der Waals surface area (Å²) in [5.41, 5.74) is 6.34. The monoisotopic (exact) mass is 211 g/mol. The van der Waals surface area contributed by atoms with Crippen LogP contribution < -0.4 is 11.1 Å². The SMILES string of the molecule is CCC(C)C(N)/C(F)=C1\CNCC1C#N. The molecule has 1 rings (SSSR count). The zero-order valence-corrected chi connectivity index (χ0v) is 9.26. The van der Waals surface area contributed by atoms with Gasteiger partial charge in [0.2, 0.25) is 0 Å². The predicted octanol–water partition coefficient (Wildman–Crippen LogP) is 1.33. The molecule has 1 aliphatic heterocycles. The molecule has 4 heteroatoms. The molecule has 0 aromatic heterocycles. The standard InChI is InChI=1S/C11H18FN3/c1-3-7(2)11(14)10(12)9-6-15-5-8(9)4-13/h7-8,11,15H,3,5-6,14H2,1-2H3/b10-9-. The number of nitrogens with zero attached hydrogens (tertiary/aromatic N) is 1. The Hall–Kier alpha value is -0.920. The largest absolute Gasteiger partial charge is 0.322 e. The zero-order valence-electron chi connectivity index (χ0n) is 9.26. The van der Waals surface area contributed by atoms with Gasteiger partial charge in [0.25, 0.3) is 0 Å². The molecule has 3 atom stereocenters. The van der Waals surface area contributed by atoms with Crippen LogP contribution >= 0.6 is 0 Å². The van der Waals surface area contributed by atoms with E-state index in [-0.39, 0.29) is 17.7 Å². The molecule has 1 aliphatic rings. The van der Waals surface area contributed by atoms with E-state index in [0.29, 0.717) is 18.7 Å². The third-order valence-electron chi connectivity index (χ3n) is 3.10. The number of hydrogen-bond acceptors (Lipinski definition) is 3. The number of nitriles is 1. The lowest BCUT2D eigenvalue weighted by Gasteiger charge is -2.18. The highest BCUT2D eigenvalue weighted by molar-refractivity contribution is 5.26. The summed E-state index contributed by atoms with van der Waals surface area (Å²) in [4.78, 5) is 0. The smallest absolute Gasteiger partial charge is 0.119 e. The lowest BCUT2D eigenvalue weighted by Crippen LogP contribution is -2.30. The van der Waals surface area contributed by atoms with Crippen molar-refractivity contribution < 1.29 is 4.39 Å². The number of nitrogens with two attached hydrogens (primary N) is 1. The van der Waals surface area contributed by atoms with Crippen LogP contribution in [0.1, 0.15) is 20.3 Å². The average Bonchev–Trinajstić information content (AvgIpc) is 2.73. The predicted molar refractivity (Wildman–Crippen MR) is 57.5 cm³/mol. The second kappa shape index (κ2) is 5.24. The van der Waals surface area contributed by atoms with E-state index in [0.717, 1.165) is 6.42 Å². The summed E-state index contributed by atoms with van der Waals surface area (Å²) in [5, 5.41) is 11.8. The van der Waals surface area contributed by atoms with E-state index in [9.17, 15) is 4.39 Å². The first-order valence-corrected chi connectivity index (χ1v) is 5.36. The molecule has 0 spiro atoms. The van der Waals surface area contributed by atoms with Crippen molar-refractivity contribution in [3.63, 3.8) is 0 Å². The molecule has 3 N–H and O–H groups in total. The molecule has 1 saturated heterocycles. The molecule has 0 bridgehead atoms. The van der Waals surface area contributed by atoms with Crippen molar-refractivity contribution in [2.45, 2.75) is 26.3 Å². The van der Waals surface area contributed by atoms with E-state index < -0.39 is 6.04 Å². The Morgan fingerprint density at radius 1 is 1.80 bits per heavy atom. The summed E-state index contributed by atoms with van der Waals surface area (Å²) >= 11 is 0. The zero-order chi connectivity index (χ0) is 11.4. The second-order valence-corrected chi connectivity index (χ2v) is 4.10. The molecule has 1 heterocycles. The Morgan fingerprint density at radius 2 is 2.47 bits per heavy atom. The highest BCUT2D eigenvalue weighted by atomic mass is 19.1. The lowest BCUT2D eigenvalue weighted by atomic mass is 9.93. The fourth-order valence-electron chi connectivity index (χ4n) is 1.69. The molecule has 0 aromatic rings. The number of halogens is 1. The van der Waals surface area contributed by atoms with Gasteiger partial charge in [0, 0.05) is 13.1 Å². The van der Waals surface area contributed by atoms with Crippen molar-refractivity contribution >= 4 is 0 Å². The molecular formula is C11H18FN3. The van der Waals surface area contributed by atoms with E-state index in [4.69, 9.17) is 11.0 Å². The summed E-state index contributed by atoms with van der Waals surface area (Å²) in [6.45, 7) is 4.90. The highest BCUT2D eigenvalue weighted by Gasteiger charge is 2.28. The maximum Gasteiger partial charge on any atom is 0.119 e. The van der Waals surface area contributed by atoms with Gasteiger partial charge >= 0.3 is 0 Å². The van der Waals surface area contributed by atoms with E-state index in [1.54, 1.807) is 0 Å². The van der Waals surface area contributed by atoms with Crippen LogP contribution in [0, 0.1) is 23.2 Å². The van der Waals surface area contributed by atoms with E-state index in [1.807, 2.05) is 13.8 Å². The van der Waals surface area contributed by atoms with E-state index >= 15 is 0 Å². The minimum atomic E-state index is -0.569. The summed E-state index contributed by atoms with van der Waals surface area (Å²) in [6.07, 6.45) is 0.840. The second-order valence-electron chi connectivity index (χ2n) is 4.10. The van der Waals surface area contributed by atoms with Gasteiger partial charge in [-0.2, -0.15) is 5.26 Å². The molecule has 0 aromatic carbocycles. The van der Waals surface area contributed by atoms with Crippen LogP contribution in [0.3, 0.4) is 0 Å². The van der Waals surface area contributed by atoms with E-state index in [2.05, 4.69) is 11.4 Å². The van der Waals surface area contributed by atoms with Crippen molar-refractivity contribution in [2.24, 2.45) is 17.6 Å². The van der Waals surface area contributed by atoms with E-state index in [1.165, 1.54) is 0 Å². The minimum Gasteiger partial charge on any atom is -0.322 e. The van der Waals surface area contributed by atoms with Crippen LogP contribution in [0.2, 0.25) is 0 Å². The number of rotatable bonds is 3. The van der Waals surface area contributed by atoms with Crippen LogP contribution in [0.25, 0.3) is 0 Å². The number of nitrogens with one attached hydrogen (secondary N) is 1. The fraction of sp³-hybridized carbons (Fsp3) is 0.727. The van der Waals surface area contributed by atoms with Gasteiger partial charge in [-0.1, -0.05) is 20.3 Å². The van der Waals surface area contributed by atoms with Gasteiger partial charge in [-0.3, -0.25) is 0 Å². The van der Waals surface area contributed by atoms with Crippen molar-refractivity contribution in [3.8, 4) is 6.07 Å². The quantitative estimate of drug-likeness (QED) is 0.740. The maximum absolute atomic E-state index is 13.9. The van der Waals surface area contributed by atoms with Crippen LogP contribution in [-0.2, 0) is 0 Å². The first-order valence-electron chi connectivity index (χ1n) is 5.36. The van der Waals surface area contributed by atoms with Crippen LogP contribution in [0.5, 0.6) is 0 Å². The van der Waals surface area contributed by atoms with Gasteiger partial charge in [0.15, 0.2) is 0 Å². The Bertz CT molecular complexity index is 293. The van der Waals surface area contributed by atoms with Crippen LogP contribution in [-0.4, -0.2) is 19.1 Å². The lowest BCUT2D eigenvalue weighted by molar-refractivity contribution is 0.409. The molecule has 0 amide bonds. The first-order chi connectivity index (χ1) is 7.11. The summed E-state index contributed by atoms with van der Waals surface area (Å²) in [7, 11) is 0. The van der Waals surface area contributed by atoms with Gasteiger partial charge in [-0.15, -0.1) is 0 Å². The maximum atomic E-state index is 13.9. The molecular weight excluding hydrogens is 193 g/mol. The highest BCUT2D eigenvalue weighted by Crippen LogP contribution is 2.25. The molecule has 15 heavy (non-hydrogen) atoms. The third kappa shape index (κ3) is 2.55. The summed E-state index contributed by atoms with van der Waals surface area (Å²) < 4.78 is 13.9. The Labute approximate surface area is 90.1 Å². The van der Waals surface area contributed by atoms with Gasteiger partial charge < -0.3 is 11.1 Å². The summed E-state index contributed by atoms with van der Waals surface area (Å²) in [5.74, 6) is -0.529. The van der Waals surface area contributed by atoms with Gasteiger partial charge in [0.05, 0.1) is 18.0 Å². The molecule has 84 valence electrons. The topological polar surface area (TPSA) is 61.8 Å². The Morgan fingerprint density at radius 3 is 3.00 bits per heavy atom. The first kappa shape index (κ1) is 12.2. The molecule has 3 nitrogen and oxygen atoms in total. The van der Waals surface area contributed by atoms with Crippen LogP contribution in [0.4, 0.5) is 4.39 Å². The van der Waals surface area contributed by atoms with Crippen molar-refractivity contribution in [2.75, 3.05) is 13.1 Å². The Kier molecular flexibility index (Phi) is 4.25. The summed E-state index contributed by atoms with van der Waals surface area (Å²) in [6, 6.07) is 1.52. The van der Waals surface area contributed by atoms with Gasteiger partial charge in [-0.05, 0) is 11.5 Å². The molecule has 0 radical (unpaired) electrons. The van der Waals surface area contributed by atoms with Gasteiger partial charge in [-0.25, -0.2) is 4.39 Å². The van der Waals surface area contributed by atoms with Crippen LogP contribution in [0.15, 0.2) is 11.4 Å². The average molecular weight is 211 g/mol. The van der Waals surface area contributed by atoms with Crippen molar-refractivity contribution in [1.82, 2.24) is 5.32 Å². The minimum absolute atomic E-state index is 0.109. The molecule has 0 aliphatic carbocycles. The normalized spacial score (nSPS) is 28.3. The van der Waals surface area contributed by atoms with Gasteiger partial charge in [0.1, 0.15) is 5.83 Å². The Balaban J connectivity index is 2.85. The molecule has 3 unspecified atom stereocenters.